The van der Waals surface area contributed by atoms with E-state index in [1.54, 1.807) is 0 Å². The van der Waals surface area contributed by atoms with Crippen LogP contribution in [0.2, 0.25) is 0 Å². The van der Waals surface area contributed by atoms with E-state index in [2.05, 4.69) is 16.0 Å². The topological polar surface area (TPSA) is 70.2 Å². The van der Waals surface area contributed by atoms with Crippen molar-refractivity contribution < 1.29 is 22.8 Å². The third-order valence-corrected chi connectivity index (χ3v) is 5.78. The van der Waals surface area contributed by atoms with Gasteiger partial charge >= 0.3 is 12.2 Å². The number of nitrogens with one attached hydrogen (secondary N) is 3. The van der Waals surface area contributed by atoms with Crippen molar-refractivity contribution in [1.29, 1.82) is 0 Å². The van der Waals surface area contributed by atoms with Gasteiger partial charge in [0.1, 0.15) is 6.04 Å². The summed E-state index contributed by atoms with van der Waals surface area (Å²) < 4.78 is 39.9. The van der Waals surface area contributed by atoms with Crippen molar-refractivity contribution in [1.82, 2.24) is 16.0 Å². The molecule has 8 heteroatoms. The lowest BCUT2D eigenvalue weighted by Crippen LogP contribution is -2.69. The molecule has 3 N–H and O–H groups in total. The summed E-state index contributed by atoms with van der Waals surface area (Å²) in [7, 11) is 0. The van der Waals surface area contributed by atoms with Crippen LogP contribution in [0.1, 0.15) is 57.8 Å². The molecule has 1 aliphatic heterocycles. The van der Waals surface area contributed by atoms with Crippen LogP contribution in [0.25, 0.3) is 0 Å². The number of amides is 3. The molecule has 5 nitrogen and oxygen atoms in total. The summed E-state index contributed by atoms with van der Waals surface area (Å²) in [6.45, 7) is 0. The number of rotatable bonds is 3. The maximum absolute atomic E-state index is 13.3. The Morgan fingerprint density at radius 2 is 1.83 bits per heavy atom. The number of piperidine rings is 1. The minimum atomic E-state index is -4.44. The average Bonchev–Trinajstić information content (AvgIpc) is 2.97. The Kier molecular flexibility index (Phi) is 4.66. The summed E-state index contributed by atoms with van der Waals surface area (Å²) >= 11 is 0. The molecular formula is C16H24F3N3O2. The molecule has 2 saturated carbocycles. The Bertz CT molecular complexity index is 499. The summed E-state index contributed by atoms with van der Waals surface area (Å²) in [5, 5.41) is 7.77. The summed E-state index contributed by atoms with van der Waals surface area (Å²) in [4.78, 5) is 23.8. The number of alkyl halides is 3. The average molecular weight is 347 g/mol. The van der Waals surface area contributed by atoms with Crippen molar-refractivity contribution in [3.05, 3.63) is 0 Å². The van der Waals surface area contributed by atoms with Crippen LogP contribution in [0, 0.1) is 5.92 Å². The molecule has 0 aromatic carbocycles. The van der Waals surface area contributed by atoms with Gasteiger partial charge < -0.3 is 16.0 Å². The third-order valence-electron chi connectivity index (χ3n) is 5.78. The highest BCUT2D eigenvalue weighted by atomic mass is 19.4. The van der Waals surface area contributed by atoms with Gasteiger partial charge in [-0.15, -0.1) is 0 Å². The van der Waals surface area contributed by atoms with Gasteiger partial charge in [0.05, 0.1) is 11.6 Å². The van der Waals surface area contributed by atoms with Crippen LogP contribution in [0.5, 0.6) is 0 Å². The first-order chi connectivity index (χ1) is 11.3. The van der Waals surface area contributed by atoms with Gasteiger partial charge in [-0.1, -0.05) is 12.8 Å². The Balaban J connectivity index is 1.62. The molecule has 2 atom stereocenters. The fourth-order valence-electron chi connectivity index (χ4n) is 4.32. The number of urea groups is 1. The van der Waals surface area contributed by atoms with E-state index in [0.717, 1.165) is 32.1 Å². The van der Waals surface area contributed by atoms with Crippen LogP contribution in [0.3, 0.4) is 0 Å². The zero-order valence-electron chi connectivity index (χ0n) is 13.5. The maximum atomic E-state index is 13.3. The molecule has 3 fully saturated rings. The Morgan fingerprint density at radius 1 is 1.17 bits per heavy atom. The van der Waals surface area contributed by atoms with E-state index >= 15 is 0 Å². The van der Waals surface area contributed by atoms with E-state index < -0.39 is 29.7 Å². The SMILES string of the molecule is O=C1CC[C@H](NC(=O)N[C@H](C2CCCC2)C(F)(F)F)C2(CCC2)N1. The lowest BCUT2D eigenvalue weighted by Gasteiger charge is -2.51. The predicted molar refractivity (Wildman–Crippen MR) is 81.2 cm³/mol. The van der Waals surface area contributed by atoms with Gasteiger partial charge in [-0.2, -0.15) is 13.2 Å². The molecule has 1 heterocycles. The van der Waals surface area contributed by atoms with E-state index in [0.29, 0.717) is 19.3 Å². The molecule has 0 bridgehead atoms. The molecule has 136 valence electrons. The molecule has 2 aliphatic carbocycles. The van der Waals surface area contributed by atoms with E-state index in [-0.39, 0.29) is 18.4 Å². The first kappa shape index (κ1) is 17.4. The normalized spacial score (nSPS) is 28.1. The van der Waals surface area contributed by atoms with Crippen molar-refractivity contribution >= 4 is 11.9 Å². The molecule has 1 spiro atoms. The molecule has 3 aliphatic rings. The summed E-state index contributed by atoms with van der Waals surface area (Å²) in [6.07, 6.45) is 1.33. The minimum Gasteiger partial charge on any atom is -0.349 e. The van der Waals surface area contributed by atoms with Crippen LogP contribution in [-0.2, 0) is 4.79 Å². The van der Waals surface area contributed by atoms with Crippen molar-refractivity contribution in [2.45, 2.75) is 81.6 Å². The fraction of sp³-hybridized carbons (Fsp3) is 0.875. The monoisotopic (exact) mass is 347 g/mol. The van der Waals surface area contributed by atoms with Gasteiger partial charge in [-0.3, -0.25) is 4.79 Å². The Hall–Kier alpha value is -1.47. The largest absolute Gasteiger partial charge is 0.408 e. The second kappa shape index (κ2) is 6.44. The third kappa shape index (κ3) is 3.47. The highest BCUT2D eigenvalue weighted by Crippen LogP contribution is 2.39. The molecule has 1 saturated heterocycles. The van der Waals surface area contributed by atoms with Gasteiger partial charge in [-0.05, 0) is 44.4 Å². The molecule has 0 aromatic rings. The van der Waals surface area contributed by atoms with Crippen LogP contribution in [0.15, 0.2) is 0 Å². The van der Waals surface area contributed by atoms with Crippen LogP contribution in [-0.4, -0.2) is 35.7 Å². The van der Waals surface area contributed by atoms with Crippen LogP contribution < -0.4 is 16.0 Å². The van der Waals surface area contributed by atoms with E-state index in [4.69, 9.17) is 0 Å². The van der Waals surface area contributed by atoms with Crippen LogP contribution in [0.4, 0.5) is 18.0 Å². The minimum absolute atomic E-state index is 0.0488. The van der Waals surface area contributed by atoms with Gasteiger partial charge in [0, 0.05) is 6.42 Å². The zero-order chi connectivity index (χ0) is 17.4. The van der Waals surface area contributed by atoms with Crippen molar-refractivity contribution in [3.63, 3.8) is 0 Å². The first-order valence-corrected chi connectivity index (χ1v) is 8.75. The predicted octanol–water partition coefficient (Wildman–Crippen LogP) is 2.61. The number of carbonyl (C=O) groups is 2. The lowest BCUT2D eigenvalue weighted by molar-refractivity contribution is -0.164. The van der Waals surface area contributed by atoms with Gasteiger partial charge in [0.15, 0.2) is 0 Å². The summed E-state index contributed by atoms with van der Waals surface area (Å²) in [6, 6.07) is -2.88. The second-order valence-electron chi connectivity index (χ2n) is 7.33. The van der Waals surface area contributed by atoms with Crippen molar-refractivity contribution in [3.8, 4) is 0 Å². The van der Waals surface area contributed by atoms with Crippen LogP contribution >= 0.6 is 0 Å². The smallest absolute Gasteiger partial charge is 0.349 e. The lowest BCUT2D eigenvalue weighted by atomic mass is 9.68. The molecule has 0 unspecified atom stereocenters. The highest BCUT2D eigenvalue weighted by Gasteiger charge is 2.50. The van der Waals surface area contributed by atoms with E-state index in [1.807, 2.05) is 0 Å². The van der Waals surface area contributed by atoms with E-state index in [1.165, 1.54) is 0 Å². The zero-order valence-corrected chi connectivity index (χ0v) is 13.5. The van der Waals surface area contributed by atoms with Crippen molar-refractivity contribution in [2.24, 2.45) is 5.92 Å². The Labute approximate surface area is 139 Å². The van der Waals surface area contributed by atoms with E-state index in [9.17, 15) is 22.8 Å². The highest BCUT2D eigenvalue weighted by molar-refractivity contribution is 5.80. The standard InChI is InChI=1S/C16H24F3N3O2/c17-16(18,19)13(10-4-1-2-5-10)21-14(24)20-11-6-7-12(23)22-15(11)8-3-9-15/h10-11,13H,1-9H2,(H,22,23)(H2,20,21,24)/t11-,13+/m0/s1. The van der Waals surface area contributed by atoms with Gasteiger partial charge in [-0.25, -0.2) is 4.79 Å². The quantitative estimate of drug-likeness (QED) is 0.734. The summed E-state index contributed by atoms with van der Waals surface area (Å²) in [5.41, 5.74) is -0.465. The molecule has 3 amide bonds. The first-order valence-electron chi connectivity index (χ1n) is 8.75. The molecule has 3 rings (SSSR count). The number of hydrogen-bond acceptors (Lipinski definition) is 2. The molecule has 0 radical (unpaired) electrons. The van der Waals surface area contributed by atoms with Gasteiger partial charge in [0.2, 0.25) is 5.91 Å². The number of halogens is 3. The number of carbonyl (C=O) groups excluding carboxylic acids is 2. The molecule has 24 heavy (non-hydrogen) atoms. The Morgan fingerprint density at radius 3 is 2.38 bits per heavy atom. The number of hydrogen-bond donors (Lipinski definition) is 3. The molecule has 0 aromatic heterocycles. The fourth-order valence-corrected chi connectivity index (χ4v) is 4.32. The summed E-state index contributed by atoms with van der Waals surface area (Å²) in [5.74, 6) is -0.591. The van der Waals surface area contributed by atoms with Crippen molar-refractivity contribution in [2.75, 3.05) is 0 Å². The molecular weight excluding hydrogens is 323 g/mol. The van der Waals surface area contributed by atoms with Gasteiger partial charge in [0.25, 0.3) is 0 Å². The second-order valence-corrected chi connectivity index (χ2v) is 7.33. The maximum Gasteiger partial charge on any atom is 0.408 e.